The number of aliphatic imine (C=N–C) groups is 1. The van der Waals surface area contributed by atoms with Crippen LogP contribution in [0.15, 0.2) is 59.2 Å². The van der Waals surface area contributed by atoms with Crippen molar-refractivity contribution in [2.45, 2.75) is 46.0 Å². The van der Waals surface area contributed by atoms with Crippen molar-refractivity contribution in [2.24, 2.45) is 10.9 Å². The molecule has 1 aliphatic heterocycles. The summed E-state index contributed by atoms with van der Waals surface area (Å²) in [5.74, 6) is -0.355. The van der Waals surface area contributed by atoms with Gasteiger partial charge in [0.05, 0.1) is 23.9 Å². The lowest BCUT2D eigenvalue weighted by molar-refractivity contribution is -0.140. The van der Waals surface area contributed by atoms with Crippen LogP contribution in [0, 0.1) is 5.92 Å². The van der Waals surface area contributed by atoms with Gasteiger partial charge in [-0.1, -0.05) is 62.1 Å². The third kappa shape index (κ3) is 5.80. The van der Waals surface area contributed by atoms with Gasteiger partial charge in [0.2, 0.25) is 0 Å². The zero-order valence-electron chi connectivity index (χ0n) is 17.3. The number of benzene rings is 1. The first-order chi connectivity index (χ1) is 13.1. The molecule has 0 spiro atoms. The summed E-state index contributed by atoms with van der Waals surface area (Å²) in [5.41, 5.74) is 3.65. The molecule has 0 saturated heterocycles. The molecule has 1 aliphatic rings. The second-order valence-corrected chi connectivity index (χ2v) is 12.7. The van der Waals surface area contributed by atoms with Gasteiger partial charge in [0.1, 0.15) is 6.61 Å². The summed E-state index contributed by atoms with van der Waals surface area (Å²) in [5, 5.41) is 0. The van der Waals surface area contributed by atoms with Gasteiger partial charge in [-0.15, -0.1) is 0 Å². The van der Waals surface area contributed by atoms with E-state index in [0.717, 1.165) is 27.4 Å². The van der Waals surface area contributed by atoms with Crippen LogP contribution in [0.2, 0.25) is 19.6 Å². The summed E-state index contributed by atoms with van der Waals surface area (Å²) >= 11 is 5.75. The first-order valence-electron chi connectivity index (χ1n) is 9.49. The maximum absolute atomic E-state index is 12.1. The molecule has 150 valence electrons. The fraction of sp³-hybridized carbons (Fsp3) is 0.409. The Bertz CT molecular complexity index is 809. The molecule has 2 rings (SSSR count). The Kier molecular flexibility index (Phi) is 7.63. The minimum atomic E-state index is -1.73. The van der Waals surface area contributed by atoms with Gasteiger partial charge in [0.25, 0.3) is 0 Å². The lowest BCUT2D eigenvalue weighted by Crippen LogP contribution is -2.36. The minimum absolute atomic E-state index is 0.0419. The van der Waals surface area contributed by atoms with Crippen LogP contribution < -0.4 is 0 Å². The molecular formula is C22H29NO3SSi. The molecule has 2 atom stereocenters. The topological polar surface area (TPSA) is 47.9 Å². The van der Waals surface area contributed by atoms with Crippen molar-refractivity contribution >= 4 is 37.1 Å². The first kappa shape index (κ1) is 22.4. The Morgan fingerprint density at radius 2 is 1.89 bits per heavy atom. The van der Waals surface area contributed by atoms with Crippen LogP contribution in [0.3, 0.4) is 0 Å². The summed E-state index contributed by atoms with van der Waals surface area (Å²) < 4.78 is 11.4. The Morgan fingerprint density at radius 1 is 1.25 bits per heavy atom. The van der Waals surface area contributed by atoms with Crippen molar-refractivity contribution in [1.29, 1.82) is 0 Å². The molecule has 0 amide bonds. The van der Waals surface area contributed by atoms with Crippen LogP contribution in [0.5, 0.6) is 0 Å². The predicted molar refractivity (Wildman–Crippen MR) is 121 cm³/mol. The first-order valence-corrected chi connectivity index (χ1v) is 13.3. The van der Waals surface area contributed by atoms with Gasteiger partial charge in [-0.05, 0) is 32.1 Å². The summed E-state index contributed by atoms with van der Waals surface area (Å²) in [6, 6.07) is 9.94. The van der Waals surface area contributed by atoms with Crippen molar-refractivity contribution in [3.05, 3.63) is 59.8 Å². The van der Waals surface area contributed by atoms with E-state index in [-0.39, 0.29) is 31.0 Å². The molecular weight excluding hydrogens is 386 g/mol. The number of carbonyl (C=O) groups excluding carboxylic acids is 1. The molecule has 1 heterocycles. The van der Waals surface area contributed by atoms with E-state index in [0.29, 0.717) is 0 Å². The number of ether oxygens (including phenoxy) is 1. The van der Waals surface area contributed by atoms with Crippen LogP contribution in [-0.2, 0) is 14.0 Å². The molecule has 4 nitrogen and oxygen atoms in total. The Morgan fingerprint density at radius 3 is 2.46 bits per heavy atom. The molecule has 0 bridgehead atoms. The SMILES string of the molecule is C=CCOC(=O)CC1=NC([C@@H](C)O[Si](C)(C)C)=C1[C@@H](C)C(=S)c1ccccc1. The molecule has 0 saturated carbocycles. The van der Waals surface area contributed by atoms with Crippen LogP contribution in [0.4, 0.5) is 0 Å². The van der Waals surface area contributed by atoms with Crippen molar-refractivity contribution in [3.63, 3.8) is 0 Å². The highest BCUT2D eigenvalue weighted by Crippen LogP contribution is 2.35. The predicted octanol–water partition coefficient (Wildman–Crippen LogP) is 5.11. The molecule has 0 aliphatic carbocycles. The number of thiocarbonyl (C=S) groups is 1. The molecule has 0 unspecified atom stereocenters. The van der Waals surface area contributed by atoms with E-state index in [4.69, 9.17) is 21.4 Å². The lowest BCUT2D eigenvalue weighted by Gasteiger charge is -2.33. The molecule has 0 fully saturated rings. The molecule has 1 aromatic rings. The number of nitrogens with zero attached hydrogens (tertiary/aromatic N) is 1. The van der Waals surface area contributed by atoms with Crippen molar-refractivity contribution in [1.82, 2.24) is 0 Å². The van der Waals surface area contributed by atoms with E-state index in [1.165, 1.54) is 0 Å². The van der Waals surface area contributed by atoms with Crippen molar-refractivity contribution in [2.75, 3.05) is 6.61 Å². The third-order valence-corrected chi connectivity index (χ3v) is 5.97. The van der Waals surface area contributed by atoms with Gasteiger partial charge in [-0.25, -0.2) is 0 Å². The van der Waals surface area contributed by atoms with Crippen LogP contribution in [0.1, 0.15) is 25.8 Å². The van der Waals surface area contributed by atoms with E-state index >= 15 is 0 Å². The van der Waals surface area contributed by atoms with Crippen molar-refractivity contribution in [3.8, 4) is 0 Å². The fourth-order valence-corrected chi connectivity index (χ4v) is 4.61. The largest absolute Gasteiger partial charge is 0.461 e. The summed E-state index contributed by atoms with van der Waals surface area (Å²) in [6.07, 6.45) is 1.56. The Hall–Kier alpha value is -1.89. The third-order valence-electron chi connectivity index (χ3n) is 4.32. The number of hydrogen-bond acceptors (Lipinski definition) is 5. The van der Waals surface area contributed by atoms with Gasteiger partial charge in [-0.3, -0.25) is 9.79 Å². The number of hydrogen-bond donors (Lipinski definition) is 0. The number of esters is 1. The van der Waals surface area contributed by atoms with E-state index in [1.807, 2.05) is 37.3 Å². The zero-order chi connectivity index (χ0) is 20.9. The normalized spacial score (nSPS) is 16.0. The van der Waals surface area contributed by atoms with Gasteiger partial charge in [0, 0.05) is 16.4 Å². The average Bonchev–Trinajstić information content (AvgIpc) is 2.61. The maximum atomic E-state index is 12.1. The van der Waals surface area contributed by atoms with Crippen molar-refractivity contribution < 1.29 is 14.0 Å². The Labute approximate surface area is 174 Å². The van der Waals surface area contributed by atoms with E-state index in [2.05, 4.69) is 38.1 Å². The van der Waals surface area contributed by atoms with Gasteiger partial charge >= 0.3 is 5.97 Å². The minimum Gasteiger partial charge on any atom is -0.461 e. The number of rotatable bonds is 10. The molecule has 0 radical (unpaired) electrons. The van der Waals surface area contributed by atoms with Gasteiger partial charge in [0.15, 0.2) is 8.32 Å². The number of carbonyl (C=O) groups is 1. The van der Waals surface area contributed by atoms with Crippen LogP contribution in [0.25, 0.3) is 0 Å². The zero-order valence-corrected chi connectivity index (χ0v) is 19.1. The smallest absolute Gasteiger partial charge is 0.312 e. The fourth-order valence-electron chi connectivity index (χ4n) is 3.19. The van der Waals surface area contributed by atoms with Crippen LogP contribution in [-0.4, -0.2) is 37.6 Å². The molecule has 1 aromatic carbocycles. The summed E-state index contributed by atoms with van der Waals surface area (Å²) in [4.78, 5) is 17.6. The molecule has 0 N–H and O–H groups in total. The average molecular weight is 416 g/mol. The number of allylic oxidation sites excluding steroid dienone is 1. The van der Waals surface area contributed by atoms with E-state index in [9.17, 15) is 4.79 Å². The Balaban J connectivity index is 2.26. The van der Waals surface area contributed by atoms with E-state index in [1.54, 1.807) is 6.08 Å². The second kappa shape index (κ2) is 9.54. The highest BCUT2D eigenvalue weighted by atomic mass is 32.1. The quantitative estimate of drug-likeness (QED) is 0.175. The molecule has 6 heteroatoms. The monoisotopic (exact) mass is 415 g/mol. The summed E-state index contributed by atoms with van der Waals surface area (Å²) in [6.45, 7) is 14.3. The van der Waals surface area contributed by atoms with E-state index < -0.39 is 8.32 Å². The van der Waals surface area contributed by atoms with Crippen LogP contribution >= 0.6 is 12.2 Å². The highest BCUT2D eigenvalue weighted by molar-refractivity contribution is 7.80. The second-order valence-electron chi connectivity index (χ2n) is 7.83. The molecule has 28 heavy (non-hydrogen) atoms. The standard InChI is InChI=1S/C22H29NO3SSi/c1-7-13-25-19(24)14-18-20(21(23-18)16(3)26-28(4,5)6)15(2)22(27)17-11-9-8-10-12-17/h7-12,15-16H,1,13-14H2,2-6H3/t15-,16-/m1/s1. The lowest BCUT2D eigenvalue weighted by atomic mass is 9.83. The van der Waals surface area contributed by atoms with Gasteiger partial charge < -0.3 is 9.16 Å². The maximum Gasteiger partial charge on any atom is 0.312 e. The summed E-state index contributed by atoms with van der Waals surface area (Å²) in [7, 11) is -1.73. The van der Waals surface area contributed by atoms with Gasteiger partial charge in [-0.2, -0.15) is 0 Å². The highest BCUT2D eigenvalue weighted by Gasteiger charge is 2.35. The molecule has 0 aromatic heterocycles.